The molecule has 0 bridgehead atoms. The lowest BCUT2D eigenvalue weighted by atomic mass is 10.1. The van der Waals surface area contributed by atoms with Gasteiger partial charge in [0.25, 0.3) is 0 Å². The summed E-state index contributed by atoms with van der Waals surface area (Å²) in [5, 5.41) is 21.5. The van der Waals surface area contributed by atoms with Crippen LogP contribution in [0.4, 0.5) is 0 Å². The Morgan fingerprint density at radius 1 is 1.56 bits per heavy atom. The predicted molar refractivity (Wildman–Crippen MR) is 52.2 cm³/mol. The molecule has 0 aliphatic heterocycles. The zero-order chi connectivity index (χ0) is 12.0. The summed E-state index contributed by atoms with van der Waals surface area (Å²) in [6, 6.07) is 0. The van der Waals surface area contributed by atoms with E-state index in [0.29, 0.717) is 13.0 Å². The third-order valence-corrected chi connectivity index (χ3v) is 2.02. The zero-order valence-corrected chi connectivity index (χ0v) is 8.83. The molecule has 1 aromatic rings. The van der Waals surface area contributed by atoms with Crippen molar-refractivity contribution in [1.82, 2.24) is 25.5 Å². The van der Waals surface area contributed by atoms with Crippen LogP contribution in [-0.4, -0.2) is 43.7 Å². The van der Waals surface area contributed by atoms with Crippen LogP contribution in [0.2, 0.25) is 0 Å². The molecule has 1 atom stereocenters. The van der Waals surface area contributed by atoms with Crippen LogP contribution in [0.3, 0.4) is 0 Å². The molecule has 0 aliphatic carbocycles. The van der Waals surface area contributed by atoms with Crippen molar-refractivity contribution in [3.05, 3.63) is 6.33 Å². The third-order valence-electron chi connectivity index (χ3n) is 2.02. The number of tetrazole rings is 1. The van der Waals surface area contributed by atoms with E-state index in [2.05, 4.69) is 20.8 Å². The van der Waals surface area contributed by atoms with Crippen molar-refractivity contribution in [1.29, 1.82) is 0 Å². The highest BCUT2D eigenvalue weighted by Gasteiger charge is 2.11. The fourth-order valence-electron chi connectivity index (χ4n) is 1.01. The van der Waals surface area contributed by atoms with E-state index in [4.69, 9.17) is 5.11 Å². The van der Waals surface area contributed by atoms with Gasteiger partial charge in [0, 0.05) is 6.54 Å². The van der Waals surface area contributed by atoms with E-state index in [1.165, 1.54) is 11.0 Å². The molecule has 0 saturated heterocycles. The Balaban J connectivity index is 2.18. The van der Waals surface area contributed by atoms with Crippen LogP contribution in [0.1, 0.15) is 13.3 Å². The van der Waals surface area contributed by atoms with E-state index in [1.807, 2.05) is 0 Å². The van der Waals surface area contributed by atoms with E-state index in [1.54, 1.807) is 6.92 Å². The van der Waals surface area contributed by atoms with Gasteiger partial charge < -0.3 is 10.4 Å². The van der Waals surface area contributed by atoms with E-state index < -0.39 is 11.9 Å². The van der Waals surface area contributed by atoms with Gasteiger partial charge in [-0.05, 0) is 16.8 Å². The highest BCUT2D eigenvalue weighted by Crippen LogP contribution is 1.99. The number of aliphatic carboxylic acids is 1. The molecule has 0 aliphatic rings. The van der Waals surface area contributed by atoms with Crippen molar-refractivity contribution in [3.8, 4) is 0 Å². The SMILES string of the molecule is CC(CCNC(=O)Cn1cnnn1)C(=O)O. The van der Waals surface area contributed by atoms with Gasteiger partial charge in [-0.25, -0.2) is 4.68 Å². The summed E-state index contributed by atoms with van der Waals surface area (Å²) in [5.41, 5.74) is 0. The number of carbonyl (C=O) groups excluding carboxylic acids is 1. The first-order valence-corrected chi connectivity index (χ1v) is 4.80. The lowest BCUT2D eigenvalue weighted by molar-refractivity contribution is -0.141. The average Bonchev–Trinajstić information content (AvgIpc) is 2.70. The van der Waals surface area contributed by atoms with Crippen LogP contribution in [0.25, 0.3) is 0 Å². The maximum absolute atomic E-state index is 11.3. The molecule has 8 nitrogen and oxygen atoms in total. The number of hydrogen-bond acceptors (Lipinski definition) is 5. The first-order valence-electron chi connectivity index (χ1n) is 4.80. The molecule has 1 amide bonds. The molecule has 2 N–H and O–H groups in total. The van der Waals surface area contributed by atoms with Gasteiger partial charge in [-0.3, -0.25) is 9.59 Å². The molecule has 0 fully saturated rings. The third kappa shape index (κ3) is 4.03. The highest BCUT2D eigenvalue weighted by atomic mass is 16.4. The Bertz CT molecular complexity index is 351. The van der Waals surface area contributed by atoms with E-state index in [-0.39, 0.29) is 12.5 Å². The Morgan fingerprint density at radius 2 is 2.31 bits per heavy atom. The number of aromatic nitrogens is 4. The number of nitrogens with one attached hydrogen (secondary N) is 1. The summed E-state index contributed by atoms with van der Waals surface area (Å²) < 4.78 is 1.29. The van der Waals surface area contributed by atoms with Crippen molar-refractivity contribution in [2.75, 3.05) is 6.54 Å². The smallest absolute Gasteiger partial charge is 0.306 e. The van der Waals surface area contributed by atoms with Gasteiger partial charge in [-0.2, -0.15) is 0 Å². The molecular weight excluding hydrogens is 214 g/mol. The van der Waals surface area contributed by atoms with Crippen LogP contribution in [0, 0.1) is 5.92 Å². The quantitative estimate of drug-likeness (QED) is 0.638. The van der Waals surface area contributed by atoms with Gasteiger partial charge in [0.15, 0.2) is 0 Å². The minimum Gasteiger partial charge on any atom is -0.481 e. The predicted octanol–water partition coefficient (Wildman–Crippen LogP) is -1.10. The normalized spacial score (nSPS) is 12.1. The highest BCUT2D eigenvalue weighted by molar-refractivity contribution is 5.75. The Kier molecular flexibility index (Phi) is 4.37. The Hall–Kier alpha value is -1.99. The fraction of sp³-hybridized carbons (Fsp3) is 0.625. The number of hydrogen-bond donors (Lipinski definition) is 2. The Labute approximate surface area is 91.6 Å². The first-order chi connectivity index (χ1) is 7.59. The molecule has 1 heterocycles. The molecule has 1 unspecified atom stereocenters. The second kappa shape index (κ2) is 5.79. The number of carbonyl (C=O) groups is 2. The topological polar surface area (TPSA) is 110 Å². The fourth-order valence-corrected chi connectivity index (χ4v) is 1.01. The van der Waals surface area contributed by atoms with Crippen LogP contribution < -0.4 is 5.32 Å². The molecule has 0 radical (unpaired) electrons. The number of rotatable bonds is 6. The minimum atomic E-state index is -0.866. The lowest BCUT2D eigenvalue weighted by Crippen LogP contribution is -2.30. The van der Waals surface area contributed by atoms with Crippen molar-refractivity contribution in [2.24, 2.45) is 5.92 Å². The number of carboxylic acid groups (broad SMARTS) is 1. The number of carboxylic acids is 1. The van der Waals surface area contributed by atoms with Crippen molar-refractivity contribution >= 4 is 11.9 Å². The zero-order valence-electron chi connectivity index (χ0n) is 8.83. The molecule has 1 aromatic heterocycles. The van der Waals surface area contributed by atoms with Gasteiger partial charge in [0.1, 0.15) is 12.9 Å². The summed E-state index contributed by atoms with van der Waals surface area (Å²) in [6.07, 6.45) is 1.73. The van der Waals surface area contributed by atoms with E-state index >= 15 is 0 Å². The molecule has 1 rings (SSSR count). The van der Waals surface area contributed by atoms with Crippen LogP contribution in [-0.2, 0) is 16.1 Å². The van der Waals surface area contributed by atoms with Gasteiger partial charge in [-0.15, -0.1) is 5.10 Å². The lowest BCUT2D eigenvalue weighted by Gasteiger charge is -2.07. The molecule has 0 aromatic carbocycles. The molecule has 0 saturated carbocycles. The molecule has 8 heteroatoms. The van der Waals surface area contributed by atoms with E-state index in [0.717, 1.165) is 0 Å². The monoisotopic (exact) mass is 227 g/mol. The van der Waals surface area contributed by atoms with Crippen LogP contribution in [0.5, 0.6) is 0 Å². The standard InChI is InChI=1S/C8H13N5O3/c1-6(8(15)16)2-3-9-7(14)4-13-5-10-11-12-13/h5-6H,2-4H2,1H3,(H,9,14)(H,15,16). The number of nitrogens with zero attached hydrogens (tertiary/aromatic N) is 4. The van der Waals surface area contributed by atoms with Gasteiger partial charge in [-0.1, -0.05) is 6.92 Å². The van der Waals surface area contributed by atoms with Gasteiger partial charge in [0.05, 0.1) is 5.92 Å². The van der Waals surface area contributed by atoms with Crippen LogP contribution in [0.15, 0.2) is 6.33 Å². The maximum atomic E-state index is 11.3. The average molecular weight is 227 g/mol. The first kappa shape index (κ1) is 12.1. The Morgan fingerprint density at radius 3 is 2.88 bits per heavy atom. The minimum absolute atomic E-state index is 0.0362. The number of amides is 1. The molecular formula is C8H13N5O3. The van der Waals surface area contributed by atoms with Crippen LogP contribution >= 0.6 is 0 Å². The van der Waals surface area contributed by atoms with E-state index in [9.17, 15) is 9.59 Å². The summed E-state index contributed by atoms with van der Waals surface area (Å²) in [6.45, 7) is 1.96. The molecule has 16 heavy (non-hydrogen) atoms. The second-order valence-electron chi connectivity index (χ2n) is 3.39. The largest absolute Gasteiger partial charge is 0.481 e. The summed E-state index contributed by atoms with van der Waals surface area (Å²) in [4.78, 5) is 21.8. The van der Waals surface area contributed by atoms with Crippen molar-refractivity contribution in [2.45, 2.75) is 19.9 Å². The van der Waals surface area contributed by atoms with Gasteiger partial charge in [0.2, 0.25) is 5.91 Å². The van der Waals surface area contributed by atoms with Crippen molar-refractivity contribution < 1.29 is 14.7 Å². The summed E-state index contributed by atoms with van der Waals surface area (Å²) in [5.74, 6) is -1.58. The summed E-state index contributed by atoms with van der Waals surface area (Å²) >= 11 is 0. The second-order valence-corrected chi connectivity index (χ2v) is 3.39. The maximum Gasteiger partial charge on any atom is 0.306 e. The van der Waals surface area contributed by atoms with Crippen molar-refractivity contribution in [3.63, 3.8) is 0 Å². The molecule has 88 valence electrons. The summed E-state index contributed by atoms with van der Waals surface area (Å²) in [7, 11) is 0. The van der Waals surface area contributed by atoms with Gasteiger partial charge >= 0.3 is 5.97 Å². The molecule has 0 spiro atoms.